The van der Waals surface area contributed by atoms with E-state index in [1.165, 1.54) is 11.1 Å². The van der Waals surface area contributed by atoms with Crippen LogP contribution in [0.3, 0.4) is 0 Å². The van der Waals surface area contributed by atoms with Crippen molar-refractivity contribution in [3.8, 4) is 11.6 Å². The van der Waals surface area contributed by atoms with Gasteiger partial charge in [-0.2, -0.15) is 4.98 Å². The number of hydrogen-bond acceptors (Lipinski definition) is 5. The van der Waals surface area contributed by atoms with Gasteiger partial charge in [0.15, 0.2) is 5.82 Å². The van der Waals surface area contributed by atoms with Gasteiger partial charge in [0.2, 0.25) is 5.91 Å². The van der Waals surface area contributed by atoms with Crippen LogP contribution >= 0.6 is 0 Å². The first-order valence-electron chi connectivity index (χ1n) is 8.92. The van der Waals surface area contributed by atoms with Crippen LogP contribution in [0.2, 0.25) is 0 Å². The first-order valence-corrected chi connectivity index (χ1v) is 8.92. The summed E-state index contributed by atoms with van der Waals surface area (Å²) in [6.45, 7) is 0.638. The van der Waals surface area contributed by atoms with Crippen molar-refractivity contribution < 1.29 is 9.32 Å². The third-order valence-electron chi connectivity index (χ3n) is 5.33. The molecule has 1 amide bonds. The molecule has 0 bridgehead atoms. The fourth-order valence-electron chi connectivity index (χ4n) is 4.06. The van der Waals surface area contributed by atoms with Gasteiger partial charge in [0, 0.05) is 25.1 Å². The van der Waals surface area contributed by atoms with E-state index in [0.717, 1.165) is 12.8 Å². The molecule has 3 heterocycles. The van der Waals surface area contributed by atoms with Gasteiger partial charge in [-0.3, -0.25) is 9.78 Å². The molecule has 2 atom stereocenters. The van der Waals surface area contributed by atoms with E-state index in [9.17, 15) is 4.79 Å². The summed E-state index contributed by atoms with van der Waals surface area (Å²) in [5.41, 5.74) is 3.28. The van der Waals surface area contributed by atoms with Crippen molar-refractivity contribution in [1.82, 2.24) is 20.0 Å². The maximum absolute atomic E-state index is 12.7. The van der Waals surface area contributed by atoms with E-state index in [-0.39, 0.29) is 17.9 Å². The van der Waals surface area contributed by atoms with Gasteiger partial charge in [-0.15, -0.1) is 0 Å². The van der Waals surface area contributed by atoms with Gasteiger partial charge in [0.25, 0.3) is 5.89 Å². The van der Waals surface area contributed by atoms with Crippen molar-refractivity contribution in [3.63, 3.8) is 0 Å². The molecule has 1 saturated heterocycles. The second-order valence-electron chi connectivity index (χ2n) is 6.87. The predicted octanol–water partition coefficient (Wildman–Crippen LogP) is 3.14. The molecule has 0 N–H and O–H groups in total. The first kappa shape index (κ1) is 15.3. The topological polar surface area (TPSA) is 72.1 Å². The highest BCUT2D eigenvalue weighted by Gasteiger charge is 2.39. The van der Waals surface area contributed by atoms with Crippen LogP contribution in [0.15, 0.2) is 53.2 Å². The van der Waals surface area contributed by atoms with E-state index in [0.29, 0.717) is 30.4 Å². The lowest BCUT2D eigenvalue weighted by Gasteiger charge is -2.25. The fraction of sp³-hybridized carbons (Fsp3) is 0.300. The Labute approximate surface area is 150 Å². The molecule has 2 aromatic heterocycles. The largest absolute Gasteiger partial charge is 0.335 e. The zero-order chi connectivity index (χ0) is 17.5. The van der Waals surface area contributed by atoms with Gasteiger partial charge in [-0.25, -0.2) is 0 Å². The average Bonchev–Trinajstić information content (AvgIpc) is 3.40. The van der Waals surface area contributed by atoms with Crippen molar-refractivity contribution in [3.05, 3.63) is 65.6 Å². The lowest BCUT2D eigenvalue weighted by molar-refractivity contribution is -0.129. The molecule has 130 valence electrons. The molecule has 0 radical (unpaired) electrons. The van der Waals surface area contributed by atoms with Gasteiger partial charge < -0.3 is 9.42 Å². The molecule has 0 saturated carbocycles. The molecule has 0 spiro atoms. The number of benzene rings is 1. The minimum Gasteiger partial charge on any atom is -0.335 e. The van der Waals surface area contributed by atoms with Crippen molar-refractivity contribution >= 4 is 5.91 Å². The van der Waals surface area contributed by atoms with Crippen LogP contribution in [0.4, 0.5) is 0 Å². The fourth-order valence-corrected chi connectivity index (χ4v) is 4.06. The summed E-state index contributed by atoms with van der Waals surface area (Å²) < 4.78 is 5.36. The molecule has 2 unspecified atom stereocenters. The maximum atomic E-state index is 12.7. The highest BCUT2D eigenvalue weighted by Crippen LogP contribution is 2.40. The Bertz CT molecular complexity index is 953. The van der Waals surface area contributed by atoms with Crippen molar-refractivity contribution in [2.75, 3.05) is 6.54 Å². The minimum atomic E-state index is -0.0310. The summed E-state index contributed by atoms with van der Waals surface area (Å²) in [5.74, 6) is 1.13. The van der Waals surface area contributed by atoms with Crippen molar-refractivity contribution in [2.24, 2.45) is 0 Å². The van der Waals surface area contributed by atoms with Crippen LogP contribution in [0, 0.1) is 0 Å². The monoisotopic (exact) mass is 346 g/mol. The standard InChI is InChI=1S/C20H18N4O2/c25-18-11-14(19-22-20(26-23-19)16-7-3-4-10-21-16)12-24(18)17-9-8-13-5-1-2-6-15(13)17/h1-7,10,14,17H,8-9,11-12H2. The van der Waals surface area contributed by atoms with Crippen molar-refractivity contribution in [1.29, 1.82) is 0 Å². The van der Waals surface area contributed by atoms with E-state index < -0.39 is 0 Å². The molecular weight excluding hydrogens is 328 g/mol. The van der Waals surface area contributed by atoms with Crippen molar-refractivity contribution in [2.45, 2.75) is 31.2 Å². The van der Waals surface area contributed by atoms with Gasteiger partial charge in [-0.1, -0.05) is 35.5 Å². The Kier molecular flexibility index (Phi) is 3.55. The van der Waals surface area contributed by atoms with Gasteiger partial charge in [-0.05, 0) is 36.1 Å². The Balaban J connectivity index is 1.37. The summed E-state index contributed by atoms with van der Waals surface area (Å²) in [6.07, 6.45) is 4.14. The lowest BCUT2D eigenvalue weighted by Crippen LogP contribution is -2.28. The molecule has 2 aliphatic rings. The average molecular weight is 346 g/mol. The number of amides is 1. The third-order valence-corrected chi connectivity index (χ3v) is 5.33. The quantitative estimate of drug-likeness (QED) is 0.728. The van der Waals surface area contributed by atoms with Crippen LogP contribution in [0.25, 0.3) is 11.6 Å². The number of aromatic nitrogens is 3. The first-order chi connectivity index (χ1) is 12.8. The van der Waals surface area contributed by atoms with Crippen LogP contribution in [0.5, 0.6) is 0 Å². The summed E-state index contributed by atoms with van der Waals surface area (Å²) in [6, 6.07) is 14.1. The molecule has 3 aromatic rings. The van der Waals surface area contributed by atoms with E-state index in [1.54, 1.807) is 6.20 Å². The molecule has 5 rings (SSSR count). The number of pyridine rings is 1. The summed E-state index contributed by atoms with van der Waals surface area (Å²) in [5, 5.41) is 4.11. The second kappa shape index (κ2) is 6.05. The highest BCUT2D eigenvalue weighted by molar-refractivity contribution is 5.80. The Morgan fingerprint density at radius 2 is 2.00 bits per heavy atom. The molecule has 1 fully saturated rings. The SMILES string of the molecule is O=C1CC(c2noc(-c3ccccn3)n2)CN1C1CCc2ccccc21. The van der Waals surface area contributed by atoms with E-state index >= 15 is 0 Å². The number of carbonyl (C=O) groups excluding carboxylic acids is 1. The Hall–Kier alpha value is -3.02. The zero-order valence-corrected chi connectivity index (χ0v) is 14.2. The Morgan fingerprint density at radius 1 is 1.12 bits per heavy atom. The van der Waals surface area contributed by atoms with Crippen LogP contribution in [-0.2, 0) is 11.2 Å². The summed E-state index contributed by atoms with van der Waals surface area (Å²) in [7, 11) is 0. The highest BCUT2D eigenvalue weighted by atomic mass is 16.5. The predicted molar refractivity (Wildman–Crippen MR) is 94.1 cm³/mol. The minimum absolute atomic E-state index is 0.0310. The number of rotatable bonds is 3. The molecule has 6 nitrogen and oxygen atoms in total. The number of nitrogens with zero attached hydrogens (tertiary/aromatic N) is 4. The number of fused-ring (bicyclic) bond motifs is 1. The second-order valence-corrected chi connectivity index (χ2v) is 6.87. The Morgan fingerprint density at radius 3 is 2.88 bits per heavy atom. The van der Waals surface area contributed by atoms with E-state index in [4.69, 9.17) is 4.52 Å². The van der Waals surface area contributed by atoms with Gasteiger partial charge >= 0.3 is 0 Å². The normalized spacial score (nSPS) is 22.0. The molecule has 1 aromatic carbocycles. The number of aryl methyl sites for hydroxylation is 1. The lowest BCUT2D eigenvalue weighted by atomic mass is 10.1. The van der Waals surface area contributed by atoms with Crippen LogP contribution in [-0.4, -0.2) is 32.5 Å². The van der Waals surface area contributed by atoms with E-state index in [2.05, 4.69) is 33.3 Å². The molecule has 26 heavy (non-hydrogen) atoms. The number of likely N-dealkylation sites (tertiary alicyclic amines) is 1. The smallest absolute Gasteiger partial charge is 0.276 e. The van der Waals surface area contributed by atoms with E-state index in [1.807, 2.05) is 29.2 Å². The molecule has 1 aliphatic carbocycles. The van der Waals surface area contributed by atoms with Gasteiger partial charge in [0.05, 0.1) is 6.04 Å². The number of carbonyl (C=O) groups is 1. The van der Waals surface area contributed by atoms with Crippen LogP contribution < -0.4 is 0 Å². The molecule has 1 aliphatic heterocycles. The summed E-state index contributed by atoms with van der Waals surface area (Å²) in [4.78, 5) is 23.4. The zero-order valence-electron chi connectivity index (χ0n) is 14.2. The van der Waals surface area contributed by atoms with Gasteiger partial charge in [0.1, 0.15) is 5.69 Å². The molecular formula is C20H18N4O2. The third kappa shape index (κ3) is 2.49. The van der Waals surface area contributed by atoms with Crippen LogP contribution in [0.1, 0.15) is 41.8 Å². The summed E-state index contributed by atoms with van der Waals surface area (Å²) >= 11 is 0. The number of hydrogen-bond donors (Lipinski definition) is 0. The maximum Gasteiger partial charge on any atom is 0.276 e. The molecule has 6 heteroatoms.